The Kier molecular flexibility index (Phi) is 16.0. The van der Waals surface area contributed by atoms with Crippen LogP contribution in [-0.2, 0) is 4.79 Å². The molecule has 0 bridgehead atoms. The molecule has 0 aliphatic heterocycles. The van der Waals surface area contributed by atoms with Gasteiger partial charge in [-0.15, -0.1) is 0 Å². The molecule has 1 fully saturated rings. The van der Waals surface area contributed by atoms with Crippen LogP contribution in [0.5, 0.6) is 0 Å². The number of nitrogens with one attached hydrogen (secondary N) is 1. The average molecular weight is 466 g/mol. The number of carbonyl (C=O) groups is 1. The Balaban J connectivity index is 2.15. The summed E-state index contributed by atoms with van der Waals surface area (Å²) in [5, 5.41) is 23.0. The average Bonchev–Trinajstić information content (AvgIpc) is 2.79. The maximum absolute atomic E-state index is 12.7. The monoisotopic (exact) mass is 465 g/mol. The quantitative estimate of drug-likeness (QED) is 0.161. The SMILES string of the molecule is CCCCCCCCCCCCC/C=C/[C@@H](O)[C@H](CO)NC(=O)[C@H]1CC[C@H](C(C)(C)C)CC1. The molecule has 1 rings (SSSR count). The van der Waals surface area contributed by atoms with Crippen LogP contribution in [0.1, 0.15) is 130 Å². The van der Waals surface area contributed by atoms with E-state index in [0.29, 0.717) is 11.3 Å². The number of rotatable bonds is 17. The van der Waals surface area contributed by atoms with E-state index in [9.17, 15) is 15.0 Å². The zero-order chi connectivity index (χ0) is 24.5. The molecule has 4 heteroatoms. The van der Waals surface area contributed by atoms with Gasteiger partial charge in [-0.2, -0.15) is 0 Å². The summed E-state index contributed by atoms with van der Waals surface area (Å²) in [6.07, 6.45) is 22.4. The van der Waals surface area contributed by atoms with Gasteiger partial charge >= 0.3 is 0 Å². The van der Waals surface area contributed by atoms with E-state index in [1.165, 1.54) is 64.2 Å². The van der Waals surface area contributed by atoms with Crippen molar-refractivity contribution in [1.29, 1.82) is 0 Å². The first-order valence-corrected chi connectivity index (χ1v) is 14.1. The molecular weight excluding hydrogens is 410 g/mol. The number of aliphatic hydroxyl groups excluding tert-OH is 2. The third-order valence-corrected chi connectivity index (χ3v) is 7.57. The summed E-state index contributed by atoms with van der Waals surface area (Å²) in [7, 11) is 0. The Labute approximate surface area is 205 Å². The summed E-state index contributed by atoms with van der Waals surface area (Å²) >= 11 is 0. The normalized spacial score (nSPS) is 21.3. The highest BCUT2D eigenvalue weighted by Gasteiger charge is 2.33. The van der Waals surface area contributed by atoms with Gasteiger partial charge in [-0.1, -0.05) is 104 Å². The van der Waals surface area contributed by atoms with Crippen molar-refractivity contribution in [3.05, 3.63) is 12.2 Å². The van der Waals surface area contributed by atoms with Crippen LogP contribution in [-0.4, -0.2) is 34.9 Å². The molecule has 0 heterocycles. The Bertz CT molecular complexity index is 517. The van der Waals surface area contributed by atoms with Gasteiger partial charge in [-0.3, -0.25) is 4.79 Å². The number of carbonyl (C=O) groups excluding carboxylic acids is 1. The van der Waals surface area contributed by atoms with Gasteiger partial charge in [0, 0.05) is 5.92 Å². The molecule has 2 atom stereocenters. The van der Waals surface area contributed by atoms with Crippen LogP contribution in [0.4, 0.5) is 0 Å². The summed E-state index contributed by atoms with van der Waals surface area (Å²) in [5.41, 5.74) is 0.296. The van der Waals surface area contributed by atoms with Gasteiger partial charge in [0.05, 0.1) is 18.8 Å². The van der Waals surface area contributed by atoms with Crippen molar-refractivity contribution >= 4 is 5.91 Å². The third-order valence-electron chi connectivity index (χ3n) is 7.57. The zero-order valence-electron chi connectivity index (χ0n) is 22.3. The molecule has 1 amide bonds. The van der Waals surface area contributed by atoms with Crippen molar-refractivity contribution in [2.45, 2.75) is 143 Å². The molecule has 1 aliphatic rings. The Hall–Kier alpha value is -0.870. The second kappa shape index (κ2) is 17.5. The van der Waals surface area contributed by atoms with E-state index < -0.39 is 12.1 Å². The fraction of sp³-hybridized carbons (Fsp3) is 0.897. The standard InChI is InChI=1S/C29H55NO3/c1-5-6-7-8-9-10-11-12-13-14-15-16-17-18-27(32)26(23-31)30-28(33)24-19-21-25(22-20-24)29(2,3)4/h17-18,24-27,31-32H,5-16,19-23H2,1-4H3,(H,30,33)/b18-17+/t24-,25-,26-,27+/m0/s1. The van der Waals surface area contributed by atoms with E-state index >= 15 is 0 Å². The third kappa shape index (κ3) is 13.6. The molecule has 0 radical (unpaired) electrons. The number of aliphatic hydroxyl groups is 2. The molecular formula is C29H55NO3. The van der Waals surface area contributed by atoms with Crippen LogP contribution in [0.25, 0.3) is 0 Å². The van der Waals surface area contributed by atoms with Gasteiger partial charge in [0.25, 0.3) is 0 Å². The van der Waals surface area contributed by atoms with Gasteiger partial charge in [0.1, 0.15) is 0 Å². The van der Waals surface area contributed by atoms with Crippen molar-refractivity contribution < 1.29 is 15.0 Å². The van der Waals surface area contributed by atoms with E-state index in [0.717, 1.165) is 38.5 Å². The summed E-state index contributed by atoms with van der Waals surface area (Å²) in [6, 6.07) is -0.619. The predicted octanol–water partition coefficient (Wildman–Crippen LogP) is 6.93. The lowest BCUT2D eigenvalue weighted by molar-refractivity contribution is -0.128. The number of allylic oxidation sites excluding steroid dienone is 1. The first kappa shape index (κ1) is 30.2. The Morgan fingerprint density at radius 1 is 0.909 bits per heavy atom. The van der Waals surface area contributed by atoms with Gasteiger partial charge < -0.3 is 15.5 Å². The minimum atomic E-state index is -0.836. The van der Waals surface area contributed by atoms with Gasteiger partial charge in [0.2, 0.25) is 5.91 Å². The lowest BCUT2D eigenvalue weighted by atomic mass is 9.69. The molecule has 0 saturated heterocycles. The highest BCUT2D eigenvalue weighted by Crippen LogP contribution is 2.39. The predicted molar refractivity (Wildman–Crippen MR) is 140 cm³/mol. The minimum Gasteiger partial charge on any atom is -0.394 e. The molecule has 0 spiro atoms. The van der Waals surface area contributed by atoms with Crippen LogP contribution in [0.3, 0.4) is 0 Å². The Morgan fingerprint density at radius 2 is 1.42 bits per heavy atom. The zero-order valence-corrected chi connectivity index (χ0v) is 22.3. The van der Waals surface area contributed by atoms with E-state index in [-0.39, 0.29) is 18.4 Å². The molecule has 33 heavy (non-hydrogen) atoms. The van der Waals surface area contributed by atoms with Gasteiger partial charge in [-0.05, 0) is 49.9 Å². The molecule has 0 aromatic carbocycles. The molecule has 194 valence electrons. The lowest BCUT2D eigenvalue weighted by Crippen LogP contribution is -2.48. The summed E-state index contributed by atoms with van der Waals surface area (Å²) in [4.78, 5) is 12.7. The molecule has 0 aromatic heterocycles. The fourth-order valence-electron chi connectivity index (χ4n) is 5.06. The summed E-state index contributed by atoms with van der Waals surface area (Å²) in [5.74, 6) is 0.656. The van der Waals surface area contributed by atoms with Crippen LogP contribution in [0, 0.1) is 17.3 Å². The number of hydrogen-bond donors (Lipinski definition) is 3. The minimum absolute atomic E-state index is 0.00479. The molecule has 3 N–H and O–H groups in total. The first-order valence-electron chi connectivity index (χ1n) is 14.1. The number of unbranched alkanes of at least 4 members (excludes halogenated alkanes) is 11. The smallest absolute Gasteiger partial charge is 0.223 e. The molecule has 0 unspecified atom stereocenters. The fourth-order valence-corrected chi connectivity index (χ4v) is 5.06. The first-order chi connectivity index (χ1) is 15.8. The number of amides is 1. The van der Waals surface area contributed by atoms with Crippen LogP contribution < -0.4 is 5.32 Å². The highest BCUT2D eigenvalue weighted by atomic mass is 16.3. The second-order valence-corrected chi connectivity index (χ2v) is 11.5. The van der Waals surface area contributed by atoms with E-state index in [4.69, 9.17) is 0 Å². The van der Waals surface area contributed by atoms with Crippen molar-refractivity contribution in [3.63, 3.8) is 0 Å². The lowest BCUT2D eigenvalue weighted by Gasteiger charge is -2.37. The molecule has 0 aromatic rings. The van der Waals surface area contributed by atoms with Crippen molar-refractivity contribution in [2.24, 2.45) is 17.3 Å². The molecule has 1 saturated carbocycles. The van der Waals surface area contributed by atoms with E-state index in [2.05, 4.69) is 33.0 Å². The van der Waals surface area contributed by atoms with Crippen molar-refractivity contribution in [2.75, 3.05) is 6.61 Å². The molecule has 4 nitrogen and oxygen atoms in total. The summed E-state index contributed by atoms with van der Waals surface area (Å²) < 4.78 is 0. The van der Waals surface area contributed by atoms with Gasteiger partial charge in [0.15, 0.2) is 0 Å². The van der Waals surface area contributed by atoms with Crippen molar-refractivity contribution in [1.82, 2.24) is 5.32 Å². The van der Waals surface area contributed by atoms with Crippen LogP contribution in [0.2, 0.25) is 0 Å². The maximum atomic E-state index is 12.7. The van der Waals surface area contributed by atoms with Crippen LogP contribution >= 0.6 is 0 Å². The second-order valence-electron chi connectivity index (χ2n) is 11.5. The largest absolute Gasteiger partial charge is 0.394 e. The topological polar surface area (TPSA) is 69.6 Å². The van der Waals surface area contributed by atoms with Gasteiger partial charge in [-0.25, -0.2) is 0 Å². The van der Waals surface area contributed by atoms with E-state index in [1.54, 1.807) is 6.08 Å². The number of hydrogen-bond acceptors (Lipinski definition) is 3. The highest BCUT2D eigenvalue weighted by molar-refractivity contribution is 5.79. The Morgan fingerprint density at radius 3 is 1.91 bits per heavy atom. The van der Waals surface area contributed by atoms with E-state index in [1.807, 2.05) is 6.08 Å². The van der Waals surface area contributed by atoms with Crippen LogP contribution in [0.15, 0.2) is 12.2 Å². The molecule has 1 aliphatic carbocycles. The maximum Gasteiger partial charge on any atom is 0.223 e. The van der Waals surface area contributed by atoms with Crippen molar-refractivity contribution in [3.8, 4) is 0 Å². The summed E-state index contributed by atoms with van der Waals surface area (Å²) in [6.45, 7) is 8.85.